The van der Waals surface area contributed by atoms with Crippen LogP contribution in [0.25, 0.3) is 0 Å². The van der Waals surface area contributed by atoms with Crippen LogP contribution in [0.3, 0.4) is 0 Å². The largest absolute Gasteiger partial charge is 0.494 e. The Morgan fingerprint density at radius 1 is 1.47 bits per heavy atom. The molecule has 17 heavy (non-hydrogen) atoms. The molecule has 0 radical (unpaired) electrons. The third-order valence-corrected chi connectivity index (χ3v) is 1.98. The zero-order valence-corrected chi connectivity index (χ0v) is 10.1. The summed E-state index contributed by atoms with van der Waals surface area (Å²) < 4.78 is 23.0. The van der Waals surface area contributed by atoms with Crippen LogP contribution in [0.5, 0.6) is 5.75 Å². The van der Waals surface area contributed by atoms with E-state index in [1.807, 2.05) is 13.8 Å². The molecule has 0 aliphatic heterocycles. The van der Waals surface area contributed by atoms with Gasteiger partial charge in [0.05, 0.1) is 13.2 Å². The maximum Gasteiger partial charge on any atom is 0.250 e. The summed E-state index contributed by atoms with van der Waals surface area (Å²) in [5, 5.41) is 2.59. The fraction of sp³-hybridized carbons (Fsp3) is 0.417. The van der Waals surface area contributed by atoms with Gasteiger partial charge in [-0.25, -0.2) is 4.39 Å². The van der Waals surface area contributed by atoms with E-state index in [1.165, 1.54) is 25.3 Å². The van der Waals surface area contributed by atoms with Gasteiger partial charge < -0.3 is 14.8 Å². The lowest BCUT2D eigenvalue weighted by Crippen LogP contribution is -2.20. The number of amides is 1. The number of anilines is 1. The minimum atomic E-state index is -0.469. The van der Waals surface area contributed by atoms with Crippen molar-refractivity contribution in [1.82, 2.24) is 0 Å². The molecular weight excluding hydrogens is 225 g/mol. The molecule has 0 aromatic heterocycles. The van der Waals surface area contributed by atoms with Gasteiger partial charge >= 0.3 is 0 Å². The standard InChI is InChI=1S/C12H16FNO3/c1-8(2)17-7-12(15)14-9-4-5-10(13)11(6-9)16-3/h4-6,8H,7H2,1-3H3,(H,14,15). The Labute approximate surface area is 99.7 Å². The number of carbonyl (C=O) groups is 1. The number of hydrogen-bond acceptors (Lipinski definition) is 3. The lowest BCUT2D eigenvalue weighted by atomic mass is 10.3. The minimum absolute atomic E-state index is 0.0106. The molecule has 0 saturated heterocycles. The van der Waals surface area contributed by atoms with Crippen LogP contribution in [0.15, 0.2) is 18.2 Å². The molecule has 94 valence electrons. The summed E-state index contributed by atoms with van der Waals surface area (Å²) in [5.41, 5.74) is 0.473. The Balaban J connectivity index is 2.59. The van der Waals surface area contributed by atoms with Crippen LogP contribution in [-0.4, -0.2) is 25.7 Å². The van der Waals surface area contributed by atoms with Crippen LogP contribution in [0.1, 0.15) is 13.8 Å². The summed E-state index contributed by atoms with van der Waals surface area (Å²) in [4.78, 5) is 11.4. The van der Waals surface area contributed by atoms with Gasteiger partial charge in [0.15, 0.2) is 11.6 Å². The summed E-state index contributed by atoms with van der Waals surface area (Å²) in [7, 11) is 1.37. The lowest BCUT2D eigenvalue weighted by molar-refractivity contribution is -0.121. The first-order valence-corrected chi connectivity index (χ1v) is 5.28. The van der Waals surface area contributed by atoms with Crippen LogP contribution < -0.4 is 10.1 Å². The summed E-state index contributed by atoms with van der Waals surface area (Å²) in [6, 6.07) is 4.12. The van der Waals surface area contributed by atoms with Gasteiger partial charge in [0, 0.05) is 11.8 Å². The first kappa shape index (κ1) is 13.4. The molecule has 0 bridgehead atoms. The molecule has 0 unspecified atom stereocenters. The number of ether oxygens (including phenoxy) is 2. The molecule has 1 aromatic carbocycles. The Hall–Kier alpha value is -1.62. The van der Waals surface area contributed by atoms with E-state index in [2.05, 4.69) is 5.32 Å². The Morgan fingerprint density at radius 2 is 2.18 bits per heavy atom. The van der Waals surface area contributed by atoms with Gasteiger partial charge in [-0.2, -0.15) is 0 Å². The number of methoxy groups -OCH3 is 1. The summed E-state index contributed by atoms with van der Waals surface area (Å²) in [6.07, 6.45) is -0.0106. The van der Waals surface area contributed by atoms with Crippen LogP contribution in [0.4, 0.5) is 10.1 Å². The highest BCUT2D eigenvalue weighted by Crippen LogP contribution is 2.21. The molecule has 5 heteroatoms. The van der Waals surface area contributed by atoms with Gasteiger partial charge in [-0.1, -0.05) is 0 Å². The Kier molecular flexibility index (Phi) is 4.90. The van der Waals surface area contributed by atoms with E-state index in [4.69, 9.17) is 9.47 Å². The smallest absolute Gasteiger partial charge is 0.250 e. The molecule has 1 N–H and O–H groups in total. The normalized spacial score (nSPS) is 10.4. The molecule has 1 amide bonds. The van der Waals surface area contributed by atoms with E-state index in [0.29, 0.717) is 5.69 Å². The van der Waals surface area contributed by atoms with Crippen molar-refractivity contribution >= 4 is 11.6 Å². The van der Waals surface area contributed by atoms with Crippen molar-refractivity contribution in [1.29, 1.82) is 0 Å². The minimum Gasteiger partial charge on any atom is -0.494 e. The molecule has 0 heterocycles. The van der Waals surface area contributed by atoms with Crippen molar-refractivity contribution in [3.63, 3.8) is 0 Å². The number of halogens is 1. The summed E-state index contributed by atoms with van der Waals surface area (Å²) in [5.74, 6) is -0.663. The van der Waals surface area contributed by atoms with E-state index in [0.717, 1.165) is 0 Å². The van der Waals surface area contributed by atoms with Crippen LogP contribution in [0.2, 0.25) is 0 Å². The molecule has 4 nitrogen and oxygen atoms in total. The number of rotatable bonds is 5. The van der Waals surface area contributed by atoms with Crippen molar-refractivity contribution in [3.8, 4) is 5.75 Å². The maximum atomic E-state index is 13.1. The van der Waals surface area contributed by atoms with Gasteiger partial charge in [-0.3, -0.25) is 4.79 Å². The van der Waals surface area contributed by atoms with Crippen molar-refractivity contribution in [2.24, 2.45) is 0 Å². The fourth-order valence-electron chi connectivity index (χ4n) is 1.18. The Bertz CT molecular complexity index is 393. The highest BCUT2D eigenvalue weighted by Gasteiger charge is 2.07. The third kappa shape index (κ3) is 4.40. The molecule has 1 rings (SSSR count). The van der Waals surface area contributed by atoms with E-state index < -0.39 is 5.82 Å². The number of nitrogens with one attached hydrogen (secondary N) is 1. The SMILES string of the molecule is COc1cc(NC(=O)COC(C)C)ccc1F. The summed E-state index contributed by atoms with van der Waals surface area (Å²) in [6.45, 7) is 3.65. The molecule has 1 aromatic rings. The van der Waals surface area contributed by atoms with E-state index in [9.17, 15) is 9.18 Å². The van der Waals surface area contributed by atoms with Crippen LogP contribution >= 0.6 is 0 Å². The molecule has 0 aliphatic rings. The van der Waals surface area contributed by atoms with Crippen molar-refractivity contribution in [2.75, 3.05) is 19.0 Å². The van der Waals surface area contributed by atoms with Gasteiger partial charge in [-0.05, 0) is 26.0 Å². The average Bonchev–Trinajstić information content (AvgIpc) is 2.29. The van der Waals surface area contributed by atoms with E-state index in [1.54, 1.807) is 0 Å². The first-order chi connectivity index (χ1) is 8.02. The average molecular weight is 241 g/mol. The fourth-order valence-corrected chi connectivity index (χ4v) is 1.18. The molecule has 0 atom stereocenters. The van der Waals surface area contributed by atoms with Crippen molar-refractivity contribution < 1.29 is 18.7 Å². The topological polar surface area (TPSA) is 47.6 Å². The van der Waals surface area contributed by atoms with E-state index in [-0.39, 0.29) is 24.4 Å². The quantitative estimate of drug-likeness (QED) is 0.859. The predicted molar refractivity (Wildman–Crippen MR) is 62.7 cm³/mol. The van der Waals surface area contributed by atoms with Gasteiger partial charge in [0.1, 0.15) is 6.61 Å². The number of benzene rings is 1. The van der Waals surface area contributed by atoms with Crippen molar-refractivity contribution in [2.45, 2.75) is 20.0 Å². The zero-order chi connectivity index (χ0) is 12.8. The molecule has 0 spiro atoms. The second kappa shape index (κ2) is 6.20. The molecule has 0 fully saturated rings. The molecular formula is C12H16FNO3. The summed E-state index contributed by atoms with van der Waals surface area (Å²) >= 11 is 0. The highest BCUT2D eigenvalue weighted by molar-refractivity contribution is 5.91. The van der Waals surface area contributed by atoms with Crippen molar-refractivity contribution in [3.05, 3.63) is 24.0 Å². The first-order valence-electron chi connectivity index (χ1n) is 5.28. The van der Waals surface area contributed by atoms with Crippen LogP contribution in [0, 0.1) is 5.82 Å². The van der Waals surface area contributed by atoms with Gasteiger partial charge in [0.2, 0.25) is 5.91 Å². The second-order valence-electron chi connectivity index (χ2n) is 3.76. The maximum absolute atomic E-state index is 13.1. The predicted octanol–water partition coefficient (Wildman–Crippen LogP) is 2.20. The van der Waals surface area contributed by atoms with Gasteiger partial charge in [0.25, 0.3) is 0 Å². The molecule has 0 aliphatic carbocycles. The van der Waals surface area contributed by atoms with Crippen LogP contribution in [-0.2, 0) is 9.53 Å². The van der Waals surface area contributed by atoms with E-state index >= 15 is 0 Å². The zero-order valence-electron chi connectivity index (χ0n) is 10.1. The monoisotopic (exact) mass is 241 g/mol. The lowest BCUT2D eigenvalue weighted by Gasteiger charge is -2.09. The molecule has 0 saturated carbocycles. The Morgan fingerprint density at radius 3 is 2.76 bits per heavy atom. The second-order valence-corrected chi connectivity index (χ2v) is 3.76. The number of hydrogen-bond donors (Lipinski definition) is 1. The highest BCUT2D eigenvalue weighted by atomic mass is 19.1. The third-order valence-electron chi connectivity index (χ3n) is 1.98. The van der Waals surface area contributed by atoms with Gasteiger partial charge in [-0.15, -0.1) is 0 Å². The number of carbonyl (C=O) groups excluding carboxylic acids is 1.